The summed E-state index contributed by atoms with van der Waals surface area (Å²) in [7, 11) is 3.41. The number of hydrogen-bond donors (Lipinski definition) is 0. The third-order valence-corrected chi connectivity index (χ3v) is 3.47. The van der Waals surface area contributed by atoms with Crippen molar-refractivity contribution >= 4 is 5.78 Å². The van der Waals surface area contributed by atoms with Crippen LogP contribution in [0.5, 0.6) is 0 Å². The first-order valence-corrected chi connectivity index (χ1v) is 7.48. The second-order valence-corrected chi connectivity index (χ2v) is 5.27. The van der Waals surface area contributed by atoms with Crippen LogP contribution in [0, 0.1) is 5.92 Å². The lowest BCUT2D eigenvalue weighted by Gasteiger charge is -2.24. The normalized spacial score (nSPS) is 12.6. The molecule has 0 radical (unpaired) electrons. The summed E-state index contributed by atoms with van der Waals surface area (Å²) in [5, 5.41) is 0. The van der Waals surface area contributed by atoms with E-state index in [9.17, 15) is 4.79 Å². The Kier molecular flexibility index (Phi) is 8.90. The van der Waals surface area contributed by atoms with Gasteiger partial charge in [0.05, 0.1) is 6.61 Å². The molecule has 1 atom stereocenters. The van der Waals surface area contributed by atoms with Crippen molar-refractivity contribution in [2.24, 2.45) is 5.92 Å². The van der Waals surface area contributed by atoms with Gasteiger partial charge in [0, 0.05) is 51.9 Å². The van der Waals surface area contributed by atoms with Gasteiger partial charge in [-0.3, -0.25) is 4.79 Å². The molecule has 0 bridgehead atoms. The van der Waals surface area contributed by atoms with Crippen LogP contribution in [-0.4, -0.2) is 57.8 Å². The molecule has 118 valence electrons. The molecule has 0 aromatic heterocycles. The Bertz CT molecular complexity index is 394. The zero-order valence-electron chi connectivity index (χ0n) is 13.4. The van der Waals surface area contributed by atoms with E-state index in [2.05, 4.69) is 4.90 Å². The fourth-order valence-corrected chi connectivity index (χ4v) is 2.30. The average molecular weight is 293 g/mol. The maximum absolute atomic E-state index is 12.4. The van der Waals surface area contributed by atoms with Crippen LogP contribution in [0.3, 0.4) is 0 Å². The number of ether oxygens (including phenoxy) is 2. The topological polar surface area (TPSA) is 38.8 Å². The summed E-state index contributed by atoms with van der Waals surface area (Å²) < 4.78 is 10.2. The van der Waals surface area contributed by atoms with Crippen molar-refractivity contribution in [3.63, 3.8) is 0 Å². The Morgan fingerprint density at radius 1 is 1.10 bits per heavy atom. The van der Waals surface area contributed by atoms with Gasteiger partial charge in [-0.15, -0.1) is 0 Å². The number of rotatable bonds is 11. The van der Waals surface area contributed by atoms with Crippen LogP contribution < -0.4 is 0 Å². The van der Waals surface area contributed by atoms with Gasteiger partial charge in [0.2, 0.25) is 0 Å². The number of ketones is 1. The molecule has 0 saturated heterocycles. The lowest BCUT2D eigenvalue weighted by molar-refractivity contribution is 0.0855. The Labute approximate surface area is 128 Å². The summed E-state index contributed by atoms with van der Waals surface area (Å²) in [6.07, 6.45) is 0.965. The van der Waals surface area contributed by atoms with E-state index in [4.69, 9.17) is 9.47 Å². The van der Waals surface area contributed by atoms with Gasteiger partial charge in [0.1, 0.15) is 0 Å². The molecule has 0 aliphatic rings. The Balaban J connectivity index is 2.53. The summed E-state index contributed by atoms with van der Waals surface area (Å²) in [5.74, 6) is 0.177. The van der Waals surface area contributed by atoms with E-state index < -0.39 is 0 Å². The summed E-state index contributed by atoms with van der Waals surface area (Å²) in [6, 6.07) is 9.49. The van der Waals surface area contributed by atoms with E-state index in [-0.39, 0.29) is 11.7 Å². The highest BCUT2D eigenvalue weighted by Gasteiger charge is 2.18. The molecule has 4 nitrogen and oxygen atoms in total. The molecule has 1 aromatic carbocycles. The second kappa shape index (κ2) is 10.5. The molecule has 0 spiro atoms. The molecular weight excluding hydrogens is 266 g/mol. The van der Waals surface area contributed by atoms with E-state index in [1.807, 2.05) is 37.3 Å². The number of carbonyl (C=O) groups excluding carboxylic acids is 1. The molecule has 4 heteroatoms. The fourth-order valence-electron chi connectivity index (χ4n) is 2.30. The minimum Gasteiger partial charge on any atom is -0.385 e. The number of Topliss-reactive ketones (excluding diaryl/α,β-unsaturated/α-hetero) is 1. The third-order valence-electron chi connectivity index (χ3n) is 3.47. The van der Waals surface area contributed by atoms with E-state index in [1.165, 1.54) is 0 Å². The van der Waals surface area contributed by atoms with E-state index in [1.54, 1.807) is 14.2 Å². The summed E-state index contributed by atoms with van der Waals surface area (Å²) >= 11 is 0. The van der Waals surface area contributed by atoms with Crippen molar-refractivity contribution in [2.75, 3.05) is 47.1 Å². The molecule has 0 aliphatic heterocycles. The molecule has 0 heterocycles. The zero-order valence-corrected chi connectivity index (χ0v) is 13.4. The van der Waals surface area contributed by atoms with Crippen molar-refractivity contribution in [2.45, 2.75) is 13.3 Å². The molecule has 1 aromatic rings. The summed E-state index contributed by atoms with van der Waals surface area (Å²) in [4.78, 5) is 14.7. The Hall–Kier alpha value is -1.23. The first-order valence-electron chi connectivity index (χ1n) is 7.48. The van der Waals surface area contributed by atoms with Crippen LogP contribution >= 0.6 is 0 Å². The third kappa shape index (κ3) is 6.85. The maximum atomic E-state index is 12.4. The van der Waals surface area contributed by atoms with Crippen molar-refractivity contribution in [1.82, 2.24) is 4.90 Å². The fraction of sp³-hybridized carbons (Fsp3) is 0.588. The molecule has 0 fully saturated rings. The second-order valence-electron chi connectivity index (χ2n) is 5.27. The van der Waals surface area contributed by atoms with Crippen molar-refractivity contribution in [1.29, 1.82) is 0 Å². The summed E-state index contributed by atoms with van der Waals surface area (Å²) in [6.45, 7) is 5.92. The quantitative estimate of drug-likeness (QED) is 0.464. The smallest absolute Gasteiger partial charge is 0.166 e. The summed E-state index contributed by atoms with van der Waals surface area (Å²) in [5.41, 5.74) is 0.786. The van der Waals surface area contributed by atoms with Crippen molar-refractivity contribution in [3.8, 4) is 0 Å². The largest absolute Gasteiger partial charge is 0.385 e. The van der Waals surface area contributed by atoms with Crippen LogP contribution in [0.1, 0.15) is 23.7 Å². The number of benzene rings is 1. The molecule has 21 heavy (non-hydrogen) atoms. The van der Waals surface area contributed by atoms with Crippen LogP contribution in [0.2, 0.25) is 0 Å². The number of nitrogens with zero attached hydrogens (tertiary/aromatic N) is 1. The highest BCUT2D eigenvalue weighted by molar-refractivity contribution is 5.97. The van der Waals surface area contributed by atoms with E-state index >= 15 is 0 Å². The Morgan fingerprint density at radius 2 is 1.76 bits per heavy atom. The standard InChI is InChI=1S/C17H27NO3/c1-15(17(19)16-8-5-4-6-9-16)14-18(11-13-21-3)10-7-12-20-2/h4-6,8-9,15H,7,10-14H2,1-3H3. The highest BCUT2D eigenvalue weighted by Crippen LogP contribution is 2.10. The van der Waals surface area contributed by atoms with E-state index in [0.29, 0.717) is 6.61 Å². The van der Waals surface area contributed by atoms with Crippen LogP contribution in [0.15, 0.2) is 30.3 Å². The number of hydrogen-bond acceptors (Lipinski definition) is 4. The first-order chi connectivity index (χ1) is 10.2. The van der Waals surface area contributed by atoms with Gasteiger partial charge in [-0.25, -0.2) is 0 Å². The molecule has 0 amide bonds. The number of methoxy groups -OCH3 is 2. The van der Waals surface area contributed by atoms with Crippen molar-refractivity contribution < 1.29 is 14.3 Å². The monoisotopic (exact) mass is 293 g/mol. The van der Waals surface area contributed by atoms with Gasteiger partial charge in [0.25, 0.3) is 0 Å². The highest BCUT2D eigenvalue weighted by atomic mass is 16.5. The SMILES string of the molecule is COCCCN(CCOC)CC(C)C(=O)c1ccccc1. The minimum absolute atomic E-state index is 0.0215. The number of carbonyl (C=O) groups is 1. The molecule has 1 unspecified atom stereocenters. The van der Waals surface area contributed by atoms with Crippen LogP contribution in [-0.2, 0) is 9.47 Å². The van der Waals surface area contributed by atoms with Gasteiger partial charge in [0.15, 0.2) is 5.78 Å². The average Bonchev–Trinajstić information content (AvgIpc) is 2.52. The zero-order chi connectivity index (χ0) is 15.5. The predicted molar refractivity (Wildman–Crippen MR) is 84.7 cm³/mol. The Morgan fingerprint density at radius 3 is 2.38 bits per heavy atom. The minimum atomic E-state index is -0.0215. The molecule has 1 rings (SSSR count). The lowest BCUT2D eigenvalue weighted by Crippen LogP contribution is -2.35. The van der Waals surface area contributed by atoms with Gasteiger partial charge in [-0.1, -0.05) is 37.3 Å². The van der Waals surface area contributed by atoms with Crippen LogP contribution in [0.25, 0.3) is 0 Å². The van der Waals surface area contributed by atoms with E-state index in [0.717, 1.165) is 38.2 Å². The van der Waals surface area contributed by atoms with Crippen molar-refractivity contribution in [3.05, 3.63) is 35.9 Å². The van der Waals surface area contributed by atoms with Gasteiger partial charge >= 0.3 is 0 Å². The van der Waals surface area contributed by atoms with Gasteiger partial charge in [-0.2, -0.15) is 0 Å². The molecule has 0 saturated carbocycles. The van der Waals surface area contributed by atoms with Gasteiger partial charge < -0.3 is 14.4 Å². The van der Waals surface area contributed by atoms with Crippen LogP contribution in [0.4, 0.5) is 0 Å². The maximum Gasteiger partial charge on any atom is 0.166 e. The predicted octanol–water partition coefficient (Wildman–Crippen LogP) is 2.49. The lowest BCUT2D eigenvalue weighted by atomic mass is 9.99. The molecular formula is C17H27NO3. The molecule has 0 N–H and O–H groups in total. The first kappa shape index (κ1) is 17.8. The van der Waals surface area contributed by atoms with Gasteiger partial charge in [-0.05, 0) is 6.42 Å². The molecule has 0 aliphatic carbocycles.